The Morgan fingerprint density at radius 2 is 1.79 bits per heavy atom. The van der Waals surface area contributed by atoms with E-state index >= 15 is 0 Å². The number of anilines is 1. The quantitative estimate of drug-likeness (QED) is 0.430. The number of aromatic nitrogens is 2. The van der Waals surface area contributed by atoms with Crippen LogP contribution in [-0.2, 0) is 27.8 Å². The van der Waals surface area contributed by atoms with Crippen molar-refractivity contribution in [2.45, 2.75) is 51.7 Å². The van der Waals surface area contributed by atoms with Gasteiger partial charge in [0.1, 0.15) is 11.6 Å². The molecule has 0 aliphatic carbocycles. The van der Waals surface area contributed by atoms with Gasteiger partial charge in [-0.2, -0.15) is 13.1 Å². The van der Waals surface area contributed by atoms with E-state index in [0.29, 0.717) is 43.1 Å². The molecule has 1 amide bonds. The molecule has 0 radical (unpaired) electrons. The zero-order chi connectivity index (χ0) is 24.9. The van der Waals surface area contributed by atoms with Gasteiger partial charge in [0.05, 0.1) is 15.9 Å². The van der Waals surface area contributed by atoms with Gasteiger partial charge in [-0.05, 0) is 49.4 Å². The molecule has 0 unspecified atom stereocenters. The Labute approximate surface area is 197 Å². The Kier molecular flexibility index (Phi) is 8.21. The molecule has 0 saturated carbocycles. The first-order valence-corrected chi connectivity index (χ1v) is 12.5. The topological polar surface area (TPSA) is 93.5 Å². The number of nitrogens with one attached hydrogen (secondary N) is 1. The SMILES string of the molecule is CCN(CC)S(=O)(=O)c1ccc2c(c1)nc(CCC(=O)Nc1ccc(OC(F)F)cc1)n2CC. The van der Waals surface area contributed by atoms with Gasteiger partial charge in [0, 0.05) is 38.2 Å². The third-order valence-electron chi connectivity index (χ3n) is 5.40. The standard InChI is InChI=1S/C23H28F2N4O4S/c1-4-28(5-2)34(31,32)18-11-12-20-19(15-18)27-21(29(20)6-3)13-14-22(30)26-16-7-9-17(10-8-16)33-23(24)25/h7-12,15,23H,4-6,13-14H2,1-3H3,(H,26,30). The van der Waals surface area contributed by atoms with E-state index in [-0.39, 0.29) is 23.0 Å². The van der Waals surface area contributed by atoms with Gasteiger partial charge in [0.15, 0.2) is 0 Å². The second kappa shape index (κ2) is 10.9. The Balaban J connectivity index is 1.73. The highest BCUT2D eigenvalue weighted by atomic mass is 32.2. The first-order valence-electron chi connectivity index (χ1n) is 11.0. The van der Waals surface area contributed by atoms with Crippen LogP contribution in [-0.4, -0.2) is 47.9 Å². The van der Waals surface area contributed by atoms with Gasteiger partial charge in [0.2, 0.25) is 15.9 Å². The molecule has 1 heterocycles. The number of alkyl halides is 2. The molecule has 34 heavy (non-hydrogen) atoms. The minimum Gasteiger partial charge on any atom is -0.435 e. The normalized spacial score (nSPS) is 12.0. The number of carbonyl (C=O) groups excluding carboxylic acids is 1. The number of imidazole rings is 1. The van der Waals surface area contributed by atoms with Gasteiger partial charge in [-0.25, -0.2) is 13.4 Å². The monoisotopic (exact) mass is 494 g/mol. The molecular formula is C23H28F2N4O4S. The van der Waals surface area contributed by atoms with Crippen LogP contribution in [0.15, 0.2) is 47.4 Å². The lowest BCUT2D eigenvalue weighted by Crippen LogP contribution is -2.30. The van der Waals surface area contributed by atoms with Crippen molar-refractivity contribution in [2.75, 3.05) is 18.4 Å². The summed E-state index contributed by atoms with van der Waals surface area (Å²) in [6.45, 7) is 3.99. The van der Waals surface area contributed by atoms with E-state index < -0.39 is 16.6 Å². The molecule has 0 atom stereocenters. The van der Waals surface area contributed by atoms with E-state index in [0.717, 1.165) is 5.52 Å². The summed E-state index contributed by atoms with van der Waals surface area (Å²) < 4.78 is 57.8. The van der Waals surface area contributed by atoms with Crippen LogP contribution in [0.1, 0.15) is 33.0 Å². The largest absolute Gasteiger partial charge is 0.435 e. The minimum atomic E-state index is -3.60. The summed E-state index contributed by atoms with van der Waals surface area (Å²) in [6, 6.07) is 10.6. The van der Waals surface area contributed by atoms with Crippen molar-refractivity contribution in [2.24, 2.45) is 0 Å². The van der Waals surface area contributed by atoms with Crippen molar-refractivity contribution in [1.29, 1.82) is 0 Å². The van der Waals surface area contributed by atoms with E-state index in [4.69, 9.17) is 0 Å². The first-order chi connectivity index (χ1) is 16.2. The third-order valence-corrected chi connectivity index (χ3v) is 7.44. The average Bonchev–Trinajstić information content (AvgIpc) is 3.16. The van der Waals surface area contributed by atoms with Crippen molar-refractivity contribution < 1.29 is 26.7 Å². The Hall–Kier alpha value is -3.05. The maximum absolute atomic E-state index is 12.9. The van der Waals surface area contributed by atoms with E-state index in [9.17, 15) is 22.0 Å². The van der Waals surface area contributed by atoms with E-state index in [1.165, 1.54) is 28.6 Å². The molecule has 0 spiro atoms. The van der Waals surface area contributed by atoms with Crippen LogP contribution >= 0.6 is 0 Å². The minimum absolute atomic E-state index is 0.00652. The molecule has 1 N–H and O–H groups in total. The fourth-order valence-electron chi connectivity index (χ4n) is 3.74. The molecule has 2 aromatic carbocycles. The summed E-state index contributed by atoms with van der Waals surface area (Å²) in [5.41, 5.74) is 1.81. The number of halogens is 2. The second-order valence-corrected chi connectivity index (χ2v) is 9.40. The van der Waals surface area contributed by atoms with Crippen LogP contribution in [0.4, 0.5) is 14.5 Å². The van der Waals surface area contributed by atoms with Crippen molar-refractivity contribution in [1.82, 2.24) is 13.9 Å². The van der Waals surface area contributed by atoms with Gasteiger partial charge in [-0.15, -0.1) is 0 Å². The highest BCUT2D eigenvalue weighted by Gasteiger charge is 2.23. The highest BCUT2D eigenvalue weighted by Crippen LogP contribution is 2.24. The Bertz CT molecular complexity index is 1240. The number of amides is 1. The molecule has 0 aliphatic rings. The smallest absolute Gasteiger partial charge is 0.387 e. The summed E-state index contributed by atoms with van der Waals surface area (Å²) in [7, 11) is -3.60. The van der Waals surface area contributed by atoms with Gasteiger partial charge >= 0.3 is 6.61 Å². The van der Waals surface area contributed by atoms with Gasteiger partial charge in [-0.1, -0.05) is 13.8 Å². The molecule has 0 fully saturated rings. The molecule has 11 heteroatoms. The lowest BCUT2D eigenvalue weighted by Gasteiger charge is -2.18. The lowest BCUT2D eigenvalue weighted by atomic mass is 10.2. The number of carbonyl (C=O) groups is 1. The fourth-order valence-corrected chi connectivity index (χ4v) is 5.22. The fraction of sp³-hybridized carbons (Fsp3) is 0.391. The predicted octanol–water partition coefficient (Wildman–Crippen LogP) is 4.26. The molecule has 3 rings (SSSR count). The van der Waals surface area contributed by atoms with Crippen molar-refractivity contribution in [3.05, 3.63) is 48.3 Å². The molecule has 8 nitrogen and oxygen atoms in total. The van der Waals surface area contributed by atoms with Crippen molar-refractivity contribution in [3.8, 4) is 5.75 Å². The maximum Gasteiger partial charge on any atom is 0.387 e. The predicted molar refractivity (Wildman–Crippen MR) is 126 cm³/mol. The number of aryl methyl sites for hydroxylation is 2. The van der Waals surface area contributed by atoms with E-state index in [1.807, 2.05) is 11.5 Å². The van der Waals surface area contributed by atoms with Crippen LogP contribution < -0.4 is 10.1 Å². The number of hydrogen-bond donors (Lipinski definition) is 1. The summed E-state index contributed by atoms with van der Waals surface area (Å²) in [5.74, 6) is 0.416. The number of nitrogens with zero attached hydrogens (tertiary/aromatic N) is 3. The van der Waals surface area contributed by atoms with Crippen LogP contribution in [0, 0.1) is 0 Å². The van der Waals surface area contributed by atoms with Gasteiger partial charge in [-0.3, -0.25) is 4.79 Å². The number of fused-ring (bicyclic) bond motifs is 1. The number of hydrogen-bond acceptors (Lipinski definition) is 5. The van der Waals surface area contributed by atoms with Crippen molar-refractivity contribution >= 4 is 32.7 Å². The molecule has 184 valence electrons. The summed E-state index contributed by atoms with van der Waals surface area (Å²) in [5, 5.41) is 2.71. The van der Waals surface area contributed by atoms with Crippen LogP contribution in [0.2, 0.25) is 0 Å². The summed E-state index contributed by atoms with van der Waals surface area (Å²) in [6.07, 6.45) is 0.488. The van der Waals surface area contributed by atoms with E-state index in [1.54, 1.807) is 32.0 Å². The number of ether oxygens (including phenoxy) is 1. The Morgan fingerprint density at radius 1 is 1.12 bits per heavy atom. The third kappa shape index (κ3) is 5.71. The molecule has 3 aromatic rings. The molecular weight excluding hydrogens is 466 g/mol. The van der Waals surface area contributed by atoms with Gasteiger partial charge < -0.3 is 14.6 Å². The second-order valence-electron chi connectivity index (χ2n) is 7.46. The molecule has 0 aliphatic heterocycles. The molecule has 0 saturated heterocycles. The lowest BCUT2D eigenvalue weighted by molar-refractivity contribution is -0.116. The zero-order valence-electron chi connectivity index (χ0n) is 19.3. The van der Waals surface area contributed by atoms with Crippen LogP contribution in [0.25, 0.3) is 11.0 Å². The van der Waals surface area contributed by atoms with E-state index in [2.05, 4.69) is 15.0 Å². The first kappa shape index (κ1) is 25.6. The summed E-state index contributed by atoms with van der Waals surface area (Å²) in [4.78, 5) is 17.2. The summed E-state index contributed by atoms with van der Waals surface area (Å²) >= 11 is 0. The average molecular weight is 495 g/mol. The number of benzene rings is 2. The Morgan fingerprint density at radius 3 is 2.38 bits per heavy atom. The number of sulfonamides is 1. The molecule has 0 bridgehead atoms. The van der Waals surface area contributed by atoms with Crippen molar-refractivity contribution in [3.63, 3.8) is 0 Å². The maximum atomic E-state index is 12.9. The van der Waals surface area contributed by atoms with Crippen LogP contribution in [0.3, 0.4) is 0 Å². The number of rotatable bonds is 11. The van der Waals surface area contributed by atoms with Crippen LogP contribution in [0.5, 0.6) is 5.75 Å². The zero-order valence-corrected chi connectivity index (χ0v) is 20.1. The highest BCUT2D eigenvalue weighted by molar-refractivity contribution is 7.89. The van der Waals surface area contributed by atoms with Gasteiger partial charge in [0.25, 0.3) is 0 Å². The molecule has 1 aromatic heterocycles.